The molecule has 3 unspecified atom stereocenters. The highest BCUT2D eigenvalue weighted by Gasteiger charge is 2.45. The van der Waals surface area contributed by atoms with Crippen LogP contribution in [0.4, 0.5) is 45.0 Å². The second kappa shape index (κ2) is 40.8. The molecule has 5 atom stereocenters. The number of nitrogens with one attached hydrogen (secondary N) is 7. The van der Waals surface area contributed by atoms with Crippen LogP contribution >= 0.6 is 0 Å². The number of carbonyl (C=O) groups excluding carboxylic acids is 5. The highest BCUT2D eigenvalue weighted by molar-refractivity contribution is 7.91. The van der Waals surface area contributed by atoms with Crippen molar-refractivity contribution in [2.24, 2.45) is 23.7 Å². The number of pyridine rings is 7. The van der Waals surface area contributed by atoms with Crippen molar-refractivity contribution in [2.75, 3.05) is 63.9 Å². The van der Waals surface area contributed by atoms with Crippen LogP contribution in [0.15, 0.2) is 246 Å². The summed E-state index contributed by atoms with van der Waals surface area (Å²) in [5, 5.41) is 4.11. The standard InChI is InChI=1S/C26H29N5O4S.C25H28FN5O3S.C25H28N4O5S.C24H27N5O3S/c1-16-14-26(2,3)31(15-16)23-19(24(32)30-36(34,35)22-8-5-12-28-25(22)33)9-10-21(29-23)17-6-4-7-20-18(17)11-13-27-20;1-15-10-17(12-18(26)11-15)20-9-8-19(23(28-20)31-14-16(2)13-25(31,3)4)24(32)30-35(33,34)22-7-5-6-21(27)29-22;1-17-15-25(2,3)29(16-17)23-18(9-8-14-26-23)24(30)28-35(31,32)22-13-7-12-21(27-22)34-20-11-6-5-10-19(20)33-4;1-17-15-24(2,3)29(16-17)22-19(11-8-14-25-22)23(30)28-33(31,32)21-13-7-12-20(27-21)26-18-9-5-4-6-10-18/h4-7,9-13,16,22,27H,8,14-15H2,1-3H3,(H,28,33)(H,30,32);5-12,16H,13-14H2,1-4H3,(H2,27,29)(H,30,32);5-14,17H,15-16H2,1-4H3,(H,28,30);4-14,17H,15-16H2,1-3H3,(H,26,27)(H,28,30)/t16-,22?;16-;;/m10../s1. The molecule has 5 amide bonds. The largest absolute Gasteiger partial charge is 0.493 e. The zero-order valence-electron chi connectivity index (χ0n) is 79.3. The first-order valence-corrected chi connectivity index (χ1v) is 51.1. The van der Waals surface area contributed by atoms with Gasteiger partial charge >= 0.3 is 0 Å². The van der Waals surface area contributed by atoms with E-state index in [0.717, 1.165) is 66.5 Å². The molecule has 0 radical (unpaired) electrons. The van der Waals surface area contributed by atoms with Crippen molar-refractivity contribution in [1.29, 1.82) is 0 Å². The third-order valence-electron chi connectivity index (χ3n) is 24.4. The molecular weight excluding hydrogens is 1850 g/mol. The first-order chi connectivity index (χ1) is 65.7. The highest BCUT2D eigenvalue weighted by Crippen LogP contribution is 2.44. The Kier molecular flexibility index (Phi) is 29.5. The summed E-state index contributed by atoms with van der Waals surface area (Å²) < 4.78 is 137. The third-order valence-corrected chi connectivity index (χ3v) is 29.7. The van der Waals surface area contributed by atoms with E-state index in [1.165, 1.54) is 74.0 Å². The lowest BCUT2D eigenvalue weighted by Crippen LogP contribution is -2.47. The van der Waals surface area contributed by atoms with Crippen molar-refractivity contribution in [3.8, 4) is 39.9 Å². The number of H-pyrrole nitrogens is 1. The zero-order valence-corrected chi connectivity index (χ0v) is 82.6. The molecule has 0 aliphatic carbocycles. The van der Waals surface area contributed by atoms with E-state index in [1.54, 1.807) is 104 Å². The molecule has 0 spiro atoms. The molecule has 12 aromatic rings. The number of amides is 5. The number of aromatic amines is 1. The lowest BCUT2D eigenvalue weighted by atomic mass is 9.97. The van der Waals surface area contributed by atoms with Crippen LogP contribution < -0.4 is 64.3 Å². The molecule has 139 heavy (non-hydrogen) atoms. The number of anilines is 7. The number of allylic oxidation sites excluding steroid dienone is 1. The Bertz CT molecular complexity index is 7170. The van der Waals surface area contributed by atoms with Crippen molar-refractivity contribution in [1.82, 2.24) is 64.1 Å². The molecule has 728 valence electrons. The van der Waals surface area contributed by atoms with Gasteiger partial charge in [0.2, 0.25) is 21.8 Å². The number of benzene rings is 4. The number of methoxy groups -OCH3 is 1. The van der Waals surface area contributed by atoms with E-state index in [-0.39, 0.29) is 83.4 Å². The second-order valence-corrected chi connectivity index (χ2v) is 44.6. The highest BCUT2D eigenvalue weighted by atomic mass is 32.2. The molecule has 5 aliphatic heterocycles. The molecule has 9 N–H and O–H groups in total. The summed E-state index contributed by atoms with van der Waals surface area (Å²) in [4.78, 5) is 107. The second-order valence-electron chi connectivity index (χ2n) is 37.8. The molecule has 17 rings (SSSR count). The SMILES string of the molecule is CC1CN(c2ncccc2C(=O)NS(=O)(=O)c2cccc(Nc3ccccc3)n2)C(C)(C)C1.COc1ccccc1Oc1cccc(S(=O)(=O)NC(=O)c2cccnc2N2CC(C)CC2(C)C)n1.C[C@H]1CN(c2nc(-c3cccc4[nH]ccc34)ccc2C(=O)NS(=O)(=O)C2CC=CNC2=O)C(C)(C)C1.Cc1cc(F)cc(-c2ccc(C(=O)NS(=O)(=O)c3cccc(N)n3)c(N3C[C@@H](C)CC3(C)C)n2)c1. The summed E-state index contributed by atoms with van der Waals surface area (Å²) >= 11 is 0. The van der Waals surface area contributed by atoms with Crippen molar-refractivity contribution in [3.05, 3.63) is 265 Å². The van der Waals surface area contributed by atoms with Gasteiger partial charge in [-0.3, -0.25) is 24.0 Å². The predicted octanol–water partition coefficient (Wildman–Crippen LogP) is 15.2. The lowest BCUT2D eigenvalue weighted by Gasteiger charge is -2.34. The van der Waals surface area contributed by atoms with Crippen LogP contribution in [0.5, 0.6) is 17.4 Å². The van der Waals surface area contributed by atoms with Crippen LogP contribution in [0.3, 0.4) is 0 Å². The van der Waals surface area contributed by atoms with Gasteiger partial charge in [0.15, 0.2) is 31.8 Å². The van der Waals surface area contributed by atoms with Gasteiger partial charge in [0, 0.05) is 101 Å². The minimum Gasteiger partial charge on any atom is -0.493 e. The average Bonchev–Trinajstić information content (AvgIpc) is 1.65. The lowest BCUT2D eigenvalue weighted by molar-refractivity contribution is -0.120. The molecule has 4 saturated heterocycles. The van der Waals surface area contributed by atoms with Crippen molar-refractivity contribution in [2.45, 2.75) is 165 Å². The van der Waals surface area contributed by atoms with Crippen LogP contribution in [-0.4, -0.2) is 164 Å². The molecule has 34 nitrogen and oxygen atoms in total. The number of rotatable bonds is 23. The fourth-order valence-corrected chi connectivity index (χ4v) is 22.7. The summed E-state index contributed by atoms with van der Waals surface area (Å²) in [6.07, 6.45) is 11.7. The summed E-state index contributed by atoms with van der Waals surface area (Å²) in [6, 6.07) is 54.6. The topological polar surface area (TPSA) is 458 Å². The molecule has 0 bridgehead atoms. The molecule has 8 aromatic heterocycles. The Morgan fingerprint density at radius 2 is 0.935 bits per heavy atom. The van der Waals surface area contributed by atoms with Crippen LogP contribution in [0, 0.1) is 36.4 Å². The monoisotopic (exact) mass is 1970 g/mol. The number of aromatic nitrogens is 8. The minimum absolute atomic E-state index is 0.00413. The molecule has 39 heteroatoms. The van der Waals surface area contributed by atoms with Crippen molar-refractivity contribution >= 4 is 121 Å². The quantitative estimate of drug-likeness (QED) is 0.0295. The summed E-state index contributed by atoms with van der Waals surface area (Å²) in [7, 11) is -15.5. The molecule has 4 fully saturated rings. The first-order valence-electron chi connectivity index (χ1n) is 45.1. The Morgan fingerprint density at radius 3 is 1.44 bits per heavy atom. The zero-order chi connectivity index (χ0) is 100. The molecule has 13 heterocycles. The van der Waals surface area contributed by atoms with Gasteiger partial charge in [-0.2, -0.15) is 30.2 Å². The van der Waals surface area contributed by atoms with E-state index in [9.17, 15) is 62.0 Å². The number of para-hydroxylation sites is 3. The minimum atomic E-state index is -4.29. The number of carbonyl (C=O) groups is 5. The average molecular weight is 1970 g/mol. The van der Waals surface area contributed by atoms with E-state index in [1.807, 2.05) is 85.6 Å². The van der Waals surface area contributed by atoms with Gasteiger partial charge in [-0.15, -0.1) is 0 Å². The predicted molar refractivity (Wildman–Crippen MR) is 531 cm³/mol. The van der Waals surface area contributed by atoms with Gasteiger partial charge in [0.1, 0.15) is 40.7 Å². The number of nitrogen functional groups attached to an aromatic ring is 1. The maximum Gasteiger partial charge on any atom is 0.281 e. The van der Waals surface area contributed by atoms with E-state index in [2.05, 4.69) is 143 Å². The van der Waals surface area contributed by atoms with Gasteiger partial charge in [-0.1, -0.05) is 94.4 Å². The summed E-state index contributed by atoms with van der Waals surface area (Å²) in [5.41, 5.74) is 10.3. The third kappa shape index (κ3) is 23.4. The maximum absolute atomic E-state index is 14.1. The van der Waals surface area contributed by atoms with Gasteiger partial charge in [0.25, 0.3) is 53.7 Å². The normalized spacial score (nSPS) is 18.4. The van der Waals surface area contributed by atoms with Crippen LogP contribution in [0.1, 0.15) is 162 Å². The van der Waals surface area contributed by atoms with Gasteiger partial charge in [-0.05, 0) is 263 Å². The van der Waals surface area contributed by atoms with Crippen molar-refractivity contribution < 1.29 is 71.5 Å². The van der Waals surface area contributed by atoms with E-state index >= 15 is 0 Å². The maximum atomic E-state index is 14.1. The Morgan fingerprint density at radius 1 is 0.475 bits per heavy atom. The summed E-state index contributed by atoms with van der Waals surface area (Å²) in [6.45, 7) is 29.8. The van der Waals surface area contributed by atoms with Crippen LogP contribution in [-0.2, 0) is 44.9 Å². The van der Waals surface area contributed by atoms with E-state index in [4.69, 9.17) is 25.2 Å². The van der Waals surface area contributed by atoms with Gasteiger partial charge < -0.3 is 50.4 Å². The number of nitrogens with zero attached hydrogens (tertiary/aromatic N) is 11. The van der Waals surface area contributed by atoms with E-state index in [0.29, 0.717) is 94.3 Å². The number of hydrogen-bond acceptors (Lipinski definition) is 28. The van der Waals surface area contributed by atoms with Gasteiger partial charge in [0.05, 0.1) is 40.8 Å². The van der Waals surface area contributed by atoms with E-state index < -0.39 is 74.9 Å². The number of ether oxygens (including phenoxy) is 2. The fraction of sp³-hybridized carbons (Fsp3) is 0.320. The Hall–Kier alpha value is -14.3. The van der Waals surface area contributed by atoms with Crippen LogP contribution in [0.25, 0.3) is 33.4 Å². The van der Waals surface area contributed by atoms with Crippen LogP contribution in [0.2, 0.25) is 0 Å². The fourth-order valence-electron chi connectivity index (χ4n) is 18.6. The summed E-state index contributed by atoms with van der Waals surface area (Å²) in [5.74, 6) is 0.311. The Labute approximate surface area is 808 Å². The van der Waals surface area contributed by atoms with Crippen molar-refractivity contribution in [3.63, 3.8) is 0 Å². The number of fused-ring (bicyclic) bond motifs is 1. The number of hydrogen-bond donors (Lipinski definition) is 8. The Balaban J connectivity index is 0.000000148. The number of nitrogens with two attached hydrogens (primary N) is 1. The smallest absolute Gasteiger partial charge is 0.281 e. The number of halogens is 1. The van der Waals surface area contributed by atoms with Gasteiger partial charge in [-0.25, -0.2) is 61.6 Å². The molecule has 0 saturated carbocycles. The first kappa shape index (κ1) is 101. The number of sulfonamides is 4. The molecule has 4 aromatic carbocycles. The number of aryl methyl sites for hydroxylation is 1. The molecule has 5 aliphatic rings. The molecular formula is C100H112FN19O15S4.